The van der Waals surface area contributed by atoms with Crippen LogP contribution in [0.5, 0.6) is 5.88 Å². The Labute approximate surface area is 150 Å². The maximum absolute atomic E-state index is 11.2. The molecule has 1 aliphatic rings. The Hall–Kier alpha value is -2.17. The van der Waals surface area contributed by atoms with Crippen molar-refractivity contribution in [2.45, 2.75) is 64.8 Å². The molecule has 25 heavy (non-hydrogen) atoms. The number of amides is 1. The number of carbonyl (C=O) groups excluding carboxylic acids is 1. The topological polar surface area (TPSA) is 56.5 Å². The number of aromatic nitrogens is 2. The van der Waals surface area contributed by atoms with E-state index in [0.29, 0.717) is 17.8 Å². The second kappa shape index (κ2) is 10.6. The number of hydrogen-bond acceptors (Lipinski definition) is 3. The lowest BCUT2D eigenvalue weighted by Crippen LogP contribution is -2.19. The molecule has 5 heteroatoms. The number of carbonyl (C=O) groups is 1. The molecule has 1 amide bonds. The zero-order chi connectivity index (χ0) is 17.9. The maximum atomic E-state index is 11.2. The first-order chi connectivity index (χ1) is 12.2. The molecule has 0 radical (unpaired) electrons. The fourth-order valence-electron chi connectivity index (χ4n) is 2.78. The predicted molar refractivity (Wildman–Crippen MR) is 99.3 cm³/mol. The van der Waals surface area contributed by atoms with E-state index in [1.54, 1.807) is 12.3 Å². The average Bonchev–Trinajstić information content (AvgIpc) is 2.61. The van der Waals surface area contributed by atoms with E-state index in [4.69, 9.17) is 4.74 Å². The number of allylic oxidation sites excluding steroid dienone is 4. The van der Waals surface area contributed by atoms with Crippen molar-refractivity contribution >= 4 is 5.91 Å². The van der Waals surface area contributed by atoms with Crippen molar-refractivity contribution < 1.29 is 9.53 Å². The Kier molecular flexibility index (Phi) is 8.16. The van der Waals surface area contributed by atoms with Crippen LogP contribution in [-0.2, 0) is 4.79 Å². The van der Waals surface area contributed by atoms with Gasteiger partial charge in [-0.2, -0.15) is 5.10 Å². The van der Waals surface area contributed by atoms with Gasteiger partial charge in [0.1, 0.15) is 0 Å². The Balaban J connectivity index is 2.04. The van der Waals surface area contributed by atoms with E-state index in [9.17, 15) is 4.79 Å². The van der Waals surface area contributed by atoms with Crippen LogP contribution >= 0.6 is 0 Å². The van der Waals surface area contributed by atoms with E-state index in [1.807, 2.05) is 4.68 Å². The predicted octanol–water partition coefficient (Wildman–Crippen LogP) is 4.13. The minimum atomic E-state index is -0.237. The average molecular weight is 343 g/mol. The number of rotatable bonds is 9. The summed E-state index contributed by atoms with van der Waals surface area (Å²) in [4.78, 5) is 15.2. The molecule has 0 aliphatic heterocycles. The summed E-state index contributed by atoms with van der Waals surface area (Å²) in [5, 5.41) is 4.97. The smallest absolute Gasteiger partial charge is 0.243 e. The lowest BCUT2D eigenvalue weighted by Gasteiger charge is -2.19. The molecule has 2 rings (SSSR count). The van der Waals surface area contributed by atoms with E-state index in [2.05, 4.69) is 41.3 Å². The number of ether oxygens (including phenoxy) is 1. The molecule has 0 aromatic carbocycles. The standard InChI is InChI=1S/C20H29N3O2/c1-3-4-5-6-7-11-14-25-20-15-18(22-17(2)24)16-21-23(20)19-12-9-8-10-13-19/h9-10,12-13,15-16,19H,3-8,11,14H2,1-2H3. The summed E-state index contributed by atoms with van der Waals surface area (Å²) >= 11 is 0. The summed E-state index contributed by atoms with van der Waals surface area (Å²) in [6.45, 7) is 4.31. The van der Waals surface area contributed by atoms with Crippen LogP contribution in [0.2, 0.25) is 0 Å². The molecule has 0 spiro atoms. The van der Waals surface area contributed by atoms with Gasteiger partial charge in [0.25, 0.3) is 0 Å². The van der Waals surface area contributed by atoms with Gasteiger partial charge in [-0.1, -0.05) is 63.3 Å². The first-order valence-corrected chi connectivity index (χ1v) is 9.31. The van der Waals surface area contributed by atoms with Crippen molar-refractivity contribution in [3.63, 3.8) is 0 Å². The Morgan fingerprint density at radius 2 is 1.96 bits per heavy atom. The van der Waals surface area contributed by atoms with Crippen LogP contribution in [0.3, 0.4) is 0 Å². The van der Waals surface area contributed by atoms with Crippen LogP contribution in [0, 0.1) is 0 Å². The second-order valence-electron chi connectivity index (χ2n) is 6.33. The van der Waals surface area contributed by atoms with E-state index in [1.165, 1.54) is 39.0 Å². The monoisotopic (exact) mass is 343 g/mol. The molecule has 0 bridgehead atoms. The summed E-state index contributed by atoms with van der Waals surface area (Å²) in [5.74, 6) is 0.413. The van der Waals surface area contributed by atoms with Gasteiger partial charge in [-0.3, -0.25) is 4.79 Å². The lowest BCUT2D eigenvalue weighted by molar-refractivity contribution is -0.116. The molecule has 1 aromatic rings. The summed E-state index contributed by atoms with van der Waals surface area (Å²) in [6.07, 6.45) is 18.3. The number of nitrogens with zero attached hydrogens (tertiary/aromatic N) is 3. The summed E-state index contributed by atoms with van der Waals surface area (Å²) in [6, 6.07) is 1.83. The fourth-order valence-corrected chi connectivity index (χ4v) is 2.78. The molecule has 0 saturated carbocycles. The molecule has 1 aliphatic carbocycles. The molecule has 5 nitrogen and oxygen atoms in total. The van der Waals surface area contributed by atoms with Gasteiger partial charge < -0.3 is 4.74 Å². The number of hydrogen-bond donors (Lipinski definition) is 0. The summed E-state index contributed by atoms with van der Waals surface area (Å²) in [7, 11) is 0. The third-order valence-corrected chi connectivity index (χ3v) is 4.07. The van der Waals surface area contributed by atoms with Crippen LogP contribution in [0.25, 0.3) is 0 Å². The van der Waals surface area contributed by atoms with Gasteiger partial charge in [-0.05, 0) is 12.8 Å². The van der Waals surface area contributed by atoms with Gasteiger partial charge in [0.05, 0.1) is 24.2 Å². The van der Waals surface area contributed by atoms with Gasteiger partial charge >= 0.3 is 0 Å². The molecular formula is C20H29N3O2. The SMILES string of the molecule is CCCCCCCCOc1cc(=NC(C)=O)cnn1C1C=CCC=C1. The van der Waals surface area contributed by atoms with Gasteiger partial charge in [-0.25, -0.2) is 9.67 Å². The van der Waals surface area contributed by atoms with Crippen molar-refractivity contribution in [3.8, 4) is 5.88 Å². The highest BCUT2D eigenvalue weighted by Gasteiger charge is 2.11. The van der Waals surface area contributed by atoms with Crippen molar-refractivity contribution in [1.82, 2.24) is 9.78 Å². The van der Waals surface area contributed by atoms with E-state index < -0.39 is 0 Å². The number of unbranched alkanes of at least 4 members (excludes halogenated alkanes) is 5. The summed E-state index contributed by atoms with van der Waals surface area (Å²) < 4.78 is 7.82. The molecule has 0 saturated heterocycles. The maximum Gasteiger partial charge on any atom is 0.243 e. The first kappa shape index (κ1) is 19.2. The van der Waals surface area contributed by atoms with E-state index in [0.717, 1.165) is 12.8 Å². The van der Waals surface area contributed by atoms with Gasteiger partial charge in [0.15, 0.2) is 0 Å². The molecule has 136 valence electrons. The Bertz CT molecular complexity index is 662. The van der Waals surface area contributed by atoms with Gasteiger partial charge in [0, 0.05) is 13.0 Å². The van der Waals surface area contributed by atoms with Crippen molar-refractivity contribution in [1.29, 1.82) is 0 Å². The fraction of sp³-hybridized carbons (Fsp3) is 0.550. The van der Waals surface area contributed by atoms with Gasteiger partial charge in [-0.15, -0.1) is 0 Å². The zero-order valence-corrected chi connectivity index (χ0v) is 15.4. The zero-order valence-electron chi connectivity index (χ0n) is 15.4. The van der Waals surface area contributed by atoms with Crippen LogP contribution < -0.4 is 10.1 Å². The van der Waals surface area contributed by atoms with Crippen LogP contribution in [0.1, 0.15) is 64.8 Å². The van der Waals surface area contributed by atoms with Crippen molar-refractivity contribution in [2.75, 3.05) is 6.61 Å². The lowest BCUT2D eigenvalue weighted by atomic mass is 10.1. The van der Waals surface area contributed by atoms with Gasteiger partial charge in [0.2, 0.25) is 11.8 Å². The highest BCUT2D eigenvalue weighted by atomic mass is 16.5. The first-order valence-electron chi connectivity index (χ1n) is 9.31. The van der Waals surface area contributed by atoms with E-state index in [-0.39, 0.29) is 11.9 Å². The molecule has 0 atom stereocenters. The van der Waals surface area contributed by atoms with Crippen LogP contribution in [0.4, 0.5) is 0 Å². The molecule has 0 N–H and O–H groups in total. The third kappa shape index (κ3) is 6.69. The largest absolute Gasteiger partial charge is 0.478 e. The summed E-state index contributed by atoms with van der Waals surface area (Å²) in [5.41, 5.74) is 0. The third-order valence-electron chi connectivity index (χ3n) is 4.07. The molecule has 1 aromatic heterocycles. The van der Waals surface area contributed by atoms with E-state index >= 15 is 0 Å². The quantitative estimate of drug-likeness (QED) is 0.500. The molecule has 1 heterocycles. The minimum absolute atomic E-state index is 0.0414. The highest BCUT2D eigenvalue weighted by molar-refractivity contribution is 5.73. The molecular weight excluding hydrogens is 314 g/mol. The van der Waals surface area contributed by atoms with Crippen molar-refractivity contribution in [3.05, 3.63) is 41.9 Å². The van der Waals surface area contributed by atoms with Crippen LogP contribution in [-0.4, -0.2) is 22.3 Å². The Morgan fingerprint density at radius 3 is 2.68 bits per heavy atom. The van der Waals surface area contributed by atoms with Crippen molar-refractivity contribution in [2.24, 2.45) is 4.99 Å². The molecule has 0 unspecified atom stereocenters. The highest BCUT2D eigenvalue weighted by Crippen LogP contribution is 2.20. The normalized spacial score (nSPS) is 14.9. The molecule has 0 fully saturated rings. The van der Waals surface area contributed by atoms with Crippen LogP contribution in [0.15, 0.2) is 41.6 Å². The Morgan fingerprint density at radius 1 is 1.24 bits per heavy atom. The second-order valence-corrected chi connectivity index (χ2v) is 6.33. The minimum Gasteiger partial charge on any atom is -0.478 e.